The summed E-state index contributed by atoms with van der Waals surface area (Å²) in [5.41, 5.74) is 2.81. The van der Waals surface area contributed by atoms with Gasteiger partial charge in [0.2, 0.25) is 10.0 Å². The number of nitrogens with zero attached hydrogens (tertiary/aromatic N) is 3. The smallest absolute Gasteiger partial charge is 0.327 e. The number of nitrogens with one attached hydrogen (secondary N) is 1. The fourth-order valence-corrected chi connectivity index (χ4v) is 5.68. The second kappa shape index (κ2) is 7.39. The van der Waals surface area contributed by atoms with Gasteiger partial charge in [-0.25, -0.2) is 17.5 Å². The summed E-state index contributed by atoms with van der Waals surface area (Å²) in [6, 6.07) is 14.6. The standard InChI is InChI=1S/C23H26N4O3S/c1-25-12-11-20(18-8-7-16-5-3-4-6-17(16)15-18)21-22(25)27(23(28)24-21)19-9-13-26(14-10-19)31(2,29)30/h3-8,11,15,19H,9-10,12-14H2,1-2H3,(H,24,28). The van der Waals surface area contributed by atoms with Crippen molar-refractivity contribution in [2.24, 2.45) is 0 Å². The minimum absolute atomic E-state index is 0.0242. The van der Waals surface area contributed by atoms with Gasteiger partial charge in [0.1, 0.15) is 5.82 Å². The number of rotatable bonds is 3. The maximum Gasteiger partial charge on any atom is 0.327 e. The molecule has 0 amide bonds. The fourth-order valence-electron chi connectivity index (χ4n) is 4.81. The molecule has 0 spiro atoms. The summed E-state index contributed by atoms with van der Waals surface area (Å²) in [5.74, 6) is 0.883. The van der Waals surface area contributed by atoms with Gasteiger partial charge in [-0.2, -0.15) is 0 Å². The lowest BCUT2D eigenvalue weighted by Gasteiger charge is -2.33. The molecule has 1 fully saturated rings. The van der Waals surface area contributed by atoms with Crippen LogP contribution in [0.5, 0.6) is 0 Å². The lowest BCUT2D eigenvalue weighted by atomic mass is 9.96. The van der Waals surface area contributed by atoms with Crippen LogP contribution < -0.4 is 10.6 Å². The Morgan fingerprint density at radius 2 is 1.74 bits per heavy atom. The third-order valence-corrected chi connectivity index (χ3v) is 7.72. The molecular weight excluding hydrogens is 412 g/mol. The van der Waals surface area contributed by atoms with Crippen molar-refractivity contribution in [1.29, 1.82) is 0 Å². The minimum Gasteiger partial charge on any atom is -0.355 e. The van der Waals surface area contributed by atoms with Crippen molar-refractivity contribution in [3.63, 3.8) is 0 Å². The molecule has 3 heterocycles. The number of hydrogen-bond acceptors (Lipinski definition) is 4. The summed E-state index contributed by atoms with van der Waals surface area (Å²) in [4.78, 5) is 18.2. The molecule has 0 aliphatic carbocycles. The summed E-state index contributed by atoms with van der Waals surface area (Å²) >= 11 is 0. The first kappa shape index (κ1) is 20.1. The van der Waals surface area contributed by atoms with Gasteiger partial charge in [-0.1, -0.05) is 42.5 Å². The van der Waals surface area contributed by atoms with Crippen molar-refractivity contribution in [2.75, 3.05) is 37.8 Å². The van der Waals surface area contributed by atoms with Crippen molar-refractivity contribution in [3.05, 3.63) is 70.3 Å². The van der Waals surface area contributed by atoms with E-state index in [0.29, 0.717) is 32.5 Å². The number of sulfonamides is 1. The van der Waals surface area contributed by atoms with Crippen molar-refractivity contribution in [2.45, 2.75) is 18.9 Å². The van der Waals surface area contributed by atoms with Gasteiger partial charge in [-0.15, -0.1) is 0 Å². The Bertz CT molecular complexity index is 1340. The third-order valence-electron chi connectivity index (χ3n) is 6.42. The largest absolute Gasteiger partial charge is 0.355 e. The van der Waals surface area contributed by atoms with Crippen LogP contribution in [0.25, 0.3) is 16.3 Å². The number of imidazole rings is 1. The van der Waals surface area contributed by atoms with E-state index in [0.717, 1.165) is 28.0 Å². The zero-order chi connectivity index (χ0) is 21.8. The normalized spacial score (nSPS) is 18.3. The maximum atomic E-state index is 13.0. The summed E-state index contributed by atoms with van der Waals surface area (Å²) in [5, 5.41) is 2.35. The number of anilines is 1. The summed E-state index contributed by atoms with van der Waals surface area (Å²) in [6.07, 6.45) is 4.64. The highest BCUT2D eigenvalue weighted by molar-refractivity contribution is 7.88. The van der Waals surface area contributed by atoms with E-state index in [1.807, 2.05) is 23.7 Å². The molecular formula is C23H26N4O3S. The molecule has 162 valence electrons. The number of benzene rings is 2. The lowest BCUT2D eigenvalue weighted by Crippen LogP contribution is -2.40. The molecule has 1 N–H and O–H groups in total. The molecule has 3 aromatic rings. The molecule has 1 saturated heterocycles. The zero-order valence-corrected chi connectivity index (χ0v) is 18.5. The van der Waals surface area contributed by atoms with Gasteiger partial charge in [0.15, 0.2) is 0 Å². The van der Waals surface area contributed by atoms with E-state index in [1.54, 1.807) is 0 Å². The average molecular weight is 439 g/mol. The number of hydrogen-bond donors (Lipinski definition) is 1. The van der Waals surface area contributed by atoms with E-state index >= 15 is 0 Å². The van der Waals surface area contributed by atoms with Gasteiger partial charge >= 0.3 is 5.69 Å². The van der Waals surface area contributed by atoms with Crippen LogP contribution in [0.1, 0.15) is 30.1 Å². The Balaban J connectivity index is 1.53. The molecule has 0 radical (unpaired) electrons. The lowest BCUT2D eigenvalue weighted by molar-refractivity contribution is 0.272. The summed E-state index contributed by atoms with van der Waals surface area (Å²) < 4.78 is 27.1. The van der Waals surface area contributed by atoms with Gasteiger partial charge in [0, 0.05) is 38.3 Å². The molecule has 31 heavy (non-hydrogen) atoms. The SMILES string of the molecule is CN1CC=C(c2ccc3ccccc3c2)c2[nH]c(=O)n(C3CCN(S(C)(=O)=O)CC3)c21. The number of aromatic nitrogens is 2. The van der Waals surface area contributed by atoms with Gasteiger partial charge in [-0.05, 0) is 35.2 Å². The number of fused-ring (bicyclic) bond motifs is 2. The van der Waals surface area contributed by atoms with E-state index in [9.17, 15) is 13.2 Å². The van der Waals surface area contributed by atoms with Crippen molar-refractivity contribution in [1.82, 2.24) is 13.9 Å². The second-order valence-electron chi connectivity index (χ2n) is 8.45. The maximum absolute atomic E-state index is 13.0. The van der Waals surface area contributed by atoms with Gasteiger partial charge < -0.3 is 9.88 Å². The Morgan fingerprint density at radius 3 is 2.45 bits per heavy atom. The van der Waals surface area contributed by atoms with E-state index in [-0.39, 0.29) is 11.7 Å². The van der Waals surface area contributed by atoms with E-state index in [2.05, 4.69) is 46.3 Å². The summed E-state index contributed by atoms with van der Waals surface area (Å²) in [6.45, 7) is 1.58. The predicted molar refractivity (Wildman–Crippen MR) is 124 cm³/mol. The van der Waals surface area contributed by atoms with E-state index in [1.165, 1.54) is 15.9 Å². The van der Waals surface area contributed by atoms with E-state index in [4.69, 9.17) is 0 Å². The first-order chi connectivity index (χ1) is 14.8. The van der Waals surface area contributed by atoms with Gasteiger partial charge in [0.25, 0.3) is 0 Å². The highest BCUT2D eigenvalue weighted by atomic mass is 32.2. The second-order valence-corrected chi connectivity index (χ2v) is 10.4. The van der Waals surface area contributed by atoms with Crippen LogP contribution in [-0.2, 0) is 10.0 Å². The first-order valence-corrected chi connectivity index (χ1v) is 12.4. The van der Waals surface area contributed by atoms with Crippen LogP contribution in [0.2, 0.25) is 0 Å². The van der Waals surface area contributed by atoms with Crippen LogP contribution >= 0.6 is 0 Å². The van der Waals surface area contributed by atoms with Crippen molar-refractivity contribution < 1.29 is 8.42 Å². The first-order valence-electron chi connectivity index (χ1n) is 10.5. The van der Waals surface area contributed by atoms with Gasteiger partial charge in [-0.3, -0.25) is 4.57 Å². The monoisotopic (exact) mass is 438 g/mol. The Morgan fingerprint density at radius 1 is 1.03 bits per heavy atom. The van der Waals surface area contributed by atoms with Crippen LogP contribution in [0.4, 0.5) is 5.82 Å². The molecule has 2 aromatic carbocycles. The molecule has 2 aliphatic rings. The molecule has 7 nitrogen and oxygen atoms in total. The molecule has 1 aromatic heterocycles. The van der Waals surface area contributed by atoms with Crippen LogP contribution in [-0.4, -0.2) is 55.2 Å². The van der Waals surface area contributed by atoms with Crippen molar-refractivity contribution >= 4 is 32.2 Å². The number of H-pyrrole nitrogens is 1. The quantitative estimate of drug-likeness (QED) is 0.682. The van der Waals surface area contributed by atoms with Crippen molar-refractivity contribution in [3.8, 4) is 0 Å². The molecule has 0 saturated carbocycles. The highest BCUT2D eigenvalue weighted by Crippen LogP contribution is 2.37. The molecule has 8 heteroatoms. The van der Waals surface area contributed by atoms with E-state index < -0.39 is 10.0 Å². The highest BCUT2D eigenvalue weighted by Gasteiger charge is 2.32. The predicted octanol–water partition coefficient (Wildman–Crippen LogP) is 2.81. The third kappa shape index (κ3) is 3.49. The molecule has 5 rings (SSSR count). The Hall–Kier alpha value is -2.84. The molecule has 0 unspecified atom stereocenters. The average Bonchev–Trinajstić information content (AvgIpc) is 3.11. The van der Waals surface area contributed by atoms with Crippen LogP contribution in [0, 0.1) is 0 Å². The molecule has 0 bridgehead atoms. The summed E-state index contributed by atoms with van der Waals surface area (Å²) in [7, 11) is -1.21. The van der Waals surface area contributed by atoms with Crippen LogP contribution in [0.15, 0.2) is 53.3 Å². The zero-order valence-electron chi connectivity index (χ0n) is 17.7. The minimum atomic E-state index is -3.20. The Kier molecular flexibility index (Phi) is 4.79. The van der Waals surface area contributed by atoms with Gasteiger partial charge in [0.05, 0.1) is 11.9 Å². The number of aromatic amines is 1. The van der Waals surface area contributed by atoms with Crippen LogP contribution in [0.3, 0.4) is 0 Å². The number of likely N-dealkylation sites (N-methyl/N-ethyl adjacent to an activating group) is 1. The number of piperidine rings is 1. The Labute approximate surface area is 181 Å². The fraction of sp³-hybridized carbons (Fsp3) is 0.348. The molecule has 0 atom stereocenters. The topological polar surface area (TPSA) is 78.4 Å². The molecule has 2 aliphatic heterocycles.